The number of halogens is 2. The van der Waals surface area contributed by atoms with Gasteiger partial charge in [0.2, 0.25) is 11.9 Å². The molecule has 3 amide bonds. The van der Waals surface area contributed by atoms with Crippen molar-refractivity contribution in [3.63, 3.8) is 0 Å². The number of nitriles is 1. The number of carbonyl (C=O) groups is 2. The monoisotopic (exact) mass is 526 g/mol. The molecular weight excluding hydrogens is 494 g/mol. The molecule has 0 aliphatic carbocycles. The predicted molar refractivity (Wildman–Crippen MR) is 142 cm³/mol. The fourth-order valence-corrected chi connectivity index (χ4v) is 3.76. The molecule has 1 heterocycles. The number of hydrogen-bond donors (Lipinski definition) is 3. The number of aliphatic hydroxyl groups is 1. The molecule has 9 nitrogen and oxygen atoms in total. The van der Waals surface area contributed by atoms with Crippen molar-refractivity contribution in [2.45, 2.75) is 59.6 Å². The number of rotatable bonds is 7. The third kappa shape index (κ3) is 6.83. The van der Waals surface area contributed by atoms with E-state index in [1.165, 1.54) is 6.07 Å². The van der Waals surface area contributed by atoms with E-state index in [0.717, 1.165) is 12.1 Å². The smallest absolute Gasteiger partial charge is 0.326 e. The first kappa shape index (κ1) is 28.5. The molecule has 0 unspecified atom stereocenters. The zero-order chi connectivity index (χ0) is 28.4. The van der Waals surface area contributed by atoms with Gasteiger partial charge >= 0.3 is 6.03 Å². The summed E-state index contributed by atoms with van der Waals surface area (Å²) in [6.45, 7) is 9.54. The molecule has 1 aromatic heterocycles. The van der Waals surface area contributed by atoms with E-state index in [9.17, 15) is 23.5 Å². The first-order chi connectivity index (χ1) is 17.6. The molecule has 0 saturated heterocycles. The van der Waals surface area contributed by atoms with E-state index in [1.54, 1.807) is 48.6 Å². The highest BCUT2D eigenvalue weighted by molar-refractivity contribution is 6.00. The molecule has 0 atom stereocenters. The quantitative estimate of drug-likeness (QED) is 0.381. The zero-order valence-corrected chi connectivity index (χ0v) is 22.3. The summed E-state index contributed by atoms with van der Waals surface area (Å²) in [5.74, 6) is -2.17. The average Bonchev–Trinajstić information content (AvgIpc) is 3.13. The van der Waals surface area contributed by atoms with Crippen LogP contribution in [-0.4, -0.2) is 39.2 Å². The molecule has 2 aromatic carbocycles. The van der Waals surface area contributed by atoms with E-state index < -0.39 is 28.8 Å². The number of aromatic nitrogens is 2. The van der Waals surface area contributed by atoms with Crippen LogP contribution in [0.15, 0.2) is 30.3 Å². The van der Waals surface area contributed by atoms with Crippen LogP contribution in [0.1, 0.15) is 53.0 Å². The van der Waals surface area contributed by atoms with Crippen molar-refractivity contribution in [1.82, 2.24) is 9.55 Å². The van der Waals surface area contributed by atoms with Crippen LogP contribution in [0.5, 0.6) is 0 Å². The van der Waals surface area contributed by atoms with Gasteiger partial charge in [-0.2, -0.15) is 5.26 Å². The molecule has 0 saturated carbocycles. The lowest BCUT2D eigenvalue weighted by Crippen LogP contribution is -2.29. The Hall–Kier alpha value is -4.04. The van der Waals surface area contributed by atoms with Crippen LogP contribution < -0.4 is 15.5 Å². The van der Waals surface area contributed by atoms with Gasteiger partial charge in [-0.05, 0) is 56.0 Å². The van der Waals surface area contributed by atoms with E-state index >= 15 is 0 Å². The third-order valence-corrected chi connectivity index (χ3v) is 5.80. The van der Waals surface area contributed by atoms with Gasteiger partial charge in [-0.15, -0.1) is 0 Å². The second-order valence-electron chi connectivity index (χ2n) is 11.0. The minimum absolute atomic E-state index is 0.0610. The molecule has 3 aromatic rings. The molecule has 3 rings (SSSR count). The number of urea groups is 1. The Kier molecular flexibility index (Phi) is 8.07. The van der Waals surface area contributed by atoms with Crippen LogP contribution in [0.2, 0.25) is 0 Å². The van der Waals surface area contributed by atoms with E-state index in [1.807, 2.05) is 20.8 Å². The molecule has 0 radical (unpaired) electrons. The zero-order valence-electron chi connectivity index (χ0n) is 22.3. The average molecular weight is 527 g/mol. The predicted octanol–water partition coefficient (Wildman–Crippen LogP) is 5.39. The van der Waals surface area contributed by atoms with Gasteiger partial charge in [-0.1, -0.05) is 20.8 Å². The first-order valence-corrected chi connectivity index (χ1v) is 12.0. The number of benzene rings is 2. The van der Waals surface area contributed by atoms with Gasteiger partial charge in [-0.3, -0.25) is 10.1 Å². The second-order valence-corrected chi connectivity index (χ2v) is 11.0. The lowest BCUT2D eigenvalue weighted by molar-refractivity contribution is -0.120. The van der Waals surface area contributed by atoms with Crippen LogP contribution >= 0.6 is 0 Å². The Morgan fingerprint density at radius 2 is 1.82 bits per heavy atom. The maximum Gasteiger partial charge on any atom is 0.326 e. The fraction of sp³-hybridized carbons (Fsp3) is 0.407. The summed E-state index contributed by atoms with van der Waals surface area (Å²) >= 11 is 0. The molecule has 0 spiro atoms. The van der Waals surface area contributed by atoms with Crippen molar-refractivity contribution in [3.05, 3.63) is 47.5 Å². The summed E-state index contributed by atoms with van der Waals surface area (Å²) in [5, 5.41) is 24.1. The van der Waals surface area contributed by atoms with Crippen molar-refractivity contribution >= 4 is 40.3 Å². The number of imidazole rings is 1. The summed E-state index contributed by atoms with van der Waals surface area (Å²) in [6.07, 6.45) is 0.681. The molecular formula is C27H32F2N6O3. The minimum Gasteiger partial charge on any atom is -0.390 e. The number of carbonyl (C=O) groups excluding carboxylic acids is 2. The number of nitrogens with one attached hydrogen (secondary N) is 2. The number of fused-ring (bicyclic) bond motifs is 1. The van der Waals surface area contributed by atoms with Crippen LogP contribution in [0.25, 0.3) is 11.0 Å². The summed E-state index contributed by atoms with van der Waals surface area (Å²) in [4.78, 5) is 31.5. The summed E-state index contributed by atoms with van der Waals surface area (Å²) in [6, 6.07) is 7.72. The van der Waals surface area contributed by atoms with E-state index in [2.05, 4.69) is 15.6 Å². The molecule has 3 N–H and O–H groups in total. The standard InChI is InChI=1S/C27H32F2N6O3/c1-26(2,3)14-22(36)34(6)16-7-10-21-20(13-16)31-24(35(21)12-11-27(4,5)38)33-25(37)32-19-9-8-18(28)17(15-30)23(19)29/h7-10,13,38H,11-12,14H2,1-6H3,(H2,31,32,33,37). The van der Waals surface area contributed by atoms with E-state index in [4.69, 9.17) is 5.26 Å². The van der Waals surface area contributed by atoms with Crippen LogP contribution in [0.3, 0.4) is 0 Å². The molecule has 0 fully saturated rings. The maximum absolute atomic E-state index is 14.4. The number of amides is 3. The molecule has 11 heteroatoms. The van der Waals surface area contributed by atoms with Crippen molar-refractivity contribution < 1.29 is 23.5 Å². The number of nitrogens with zero attached hydrogens (tertiary/aromatic N) is 4. The third-order valence-electron chi connectivity index (χ3n) is 5.80. The topological polar surface area (TPSA) is 123 Å². The van der Waals surface area contributed by atoms with E-state index in [-0.39, 0.29) is 29.5 Å². The molecule has 202 valence electrons. The van der Waals surface area contributed by atoms with Crippen molar-refractivity contribution in [1.29, 1.82) is 5.26 Å². The number of hydrogen-bond acceptors (Lipinski definition) is 5. The Morgan fingerprint density at radius 3 is 2.42 bits per heavy atom. The molecule has 0 bridgehead atoms. The van der Waals surface area contributed by atoms with Crippen molar-refractivity contribution in [2.75, 3.05) is 22.6 Å². The summed E-state index contributed by atoms with van der Waals surface area (Å²) in [7, 11) is 1.68. The highest BCUT2D eigenvalue weighted by atomic mass is 19.1. The maximum atomic E-state index is 14.4. The fourth-order valence-electron chi connectivity index (χ4n) is 3.76. The van der Waals surface area contributed by atoms with Gasteiger partial charge in [-0.25, -0.2) is 18.6 Å². The molecule has 0 aliphatic rings. The highest BCUT2D eigenvalue weighted by Gasteiger charge is 2.23. The first-order valence-electron chi connectivity index (χ1n) is 12.0. The van der Waals surface area contributed by atoms with Gasteiger partial charge in [0, 0.05) is 25.7 Å². The Labute approximate surface area is 220 Å². The van der Waals surface area contributed by atoms with Crippen LogP contribution in [0.4, 0.5) is 30.9 Å². The van der Waals surface area contributed by atoms with Crippen molar-refractivity contribution in [3.8, 4) is 6.07 Å². The minimum atomic E-state index is -1.19. The van der Waals surface area contributed by atoms with Crippen LogP contribution in [0, 0.1) is 28.4 Å². The van der Waals surface area contributed by atoms with Gasteiger partial charge in [0.1, 0.15) is 17.4 Å². The second kappa shape index (κ2) is 10.8. The summed E-state index contributed by atoms with van der Waals surface area (Å²) < 4.78 is 29.8. The van der Waals surface area contributed by atoms with Gasteiger partial charge < -0.3 is 19.9 Å². The highest BCUT2D eigenvalue weighted by Crippen LogP contribution is 2.28. The Balaban J connectivity index is 1.94. The number of aryl methyl sites for hydroxylation is 1. The normalized spacial score (nSPS) is 11.8. The largest absolute Gasteiger partial charge is 0.390 e. The van der Waals surface area contributed by atoms with Gasteiger partial charge in [0.25, 0.3) is 0 Å². The Bertz CT molecular complexity index is 1410. The molecule has 0 aliphatic heterocycles. The van der Waals surface area contributed by atoms with Gasteiger partial charge in [0.05, 0.1) is 22.3 Å². The number of anilines is 3. The lowest BCUT2D eigenvalue weighted by Gasteiger charge is -2.23. The molecule has 38 heavy (non-hydrogen) atoms. The SMILES string of the molecule is CN(C(=O)CC(C)(C)C)c1ccc2c(c1)nc(NC(=O)Nc1ccc(F)c(C#N)c1F)n2CCC(C)(C)O. The lowest BCUT2D eigenvalue weighted by atomic mass is 9.91. The Morgan fingerprint density at radius 1 is 1.13 bits per heavy atom. The summed E-state index contributed by atoms with van der Waals surface area (Å²) in [5.41, 5.74) is -0.614. The van der Waals surface area contributed by atoms with E-state index in [0.29, 0.717) is 29.6 Å². The van der Waals surface area contributed by atoms with Crippen LogP contribution in [-0.2, 0) is 11.3 Å². The van der Waals surface area contributed by atoms with Crippen molar-refractivity contribution in [2.24, 2.45) is 5.41 Å². The van der Waals surface area contributed by atoms with Gasteiger partial charge in [0.15, 0.2) is 5.82 Å².